The molecule has 32 heavy (non-hydrogen) atoms. The van der Waals surface area contributed by atoms with E-state index in [1.54, 1.807) is 28.5 Å². The summed E-state index contributed by atoms with van der Waals surface area (Å²) in [5.74, 6) is -0.971. The van der Waals surface area contributed by atoms with Crippen LogP contribution in [0.4, 0.5) is 0 Å². The molecule has 3 amide bonds. The van der Waals surface area contributed by atoms with Crippen LogP contribution < -0.4 is 10.6 Å². The lowest BCUT2D eigenvalue weighted by Crippen LogP contribution is -2.64. The predicted octanol–water partition coefficient (Wildman–Crippen LogP) is 2.76. The van der Waals surface area contributed by atoms with Gasteiger partial charge in [-0.2, -0.15) is 0 Å². The average Bonchev–Trinajstić information content (AvgIpc) is 3.42. The second kappa shape index (κ2) is 8.94. The number of fused-ring (bicyclic) bond motifs is 1. The number of hydrogen-bond acceptors (Lipinski definition) is 4. The minimum atomic E-state index is -1.04. The Morgan fingerprint density at radius 3 is 2.72 bits per heavy atom. The van der Waals surface area contributed by atoms with Gasteiger partial charge in [-0.05, 0) is 44.4 Å². The normalized spacial score (nSPS) is 20.8. The summed E-state index contributed by atoms with van der Waals surface area (Å²) in [4.78, 5) is 45.2. The maximum Gasteiger partial charge on any atom is 0.273 e. The van der Waals surface area contributed by atoms with Gasteiger partial charge in [-0.25, -0.2) is 4.98 Å². The molecule has 0 radical (unpaired) electrons. The molecule has 1 aromatic heterocycles. The van der Waals surface area contributed by atoms with Gasteiger partial charge in [0.05, 0.1) is 12.9 Å². The third-order valence-corrected chi connectivity index (χ3v) is 6.65. The SMILES string of the molecule is CCN1C(=O)c2c(C(=O)NCc3cccc(Cl)c3)ncn2CC1(C)C(=O)NC1CCCC1. The number of amides is 3. The number of benzene rings is 1. The Morgan fingerprint density at radius 1 is 1.28 bits per heavy atom. The van der Waals surface area contributed by atoms with Crippen LogP contribution in [0.5, 0.6) is 0 Å². The maximum absolute atomic E-state index is 13.4. The third kappa shape index (κ3) is 4.11. The van der Waals surface area contributed by atoms with Crippen molar-refractivity contribution in [3.8, 4) is 0 Å². The molecule has 1 saturated carbocycles. The second-order valence-corrected chi connectivity index (χ2v) is 9.10. The molecule has 0 spiro atoms. The lowest BCUT2D eigenvalue weighted by Gasteiger charge is -2.43. The van der Waals surface area contributed by atoms with Crippen LogP contribution in [0.3, 0.4) is 0 Å². The van der Waals surface area contributed by atoms with Gasteiger partial charge in [0.2, 0.25) is 5.91 Å². The summed E-state index contributed by atoms with van der Waals surface area (Å²) in [5.41, 5.74) is 0.0725. The molecule has 2 heterocycles. The Bertz CT molecular complexity index is 1050. The Hall–Kier alpha value is -2.87. The van der Waals surface area contributed by atoms with E-state index in [1.807, 2.05) is 19.1 Å². The highest BCUT2D eigenvalue weighted by Crippen LogP contribution is 2.29. The highest BCUT2D eigenvalue weighted by atomic mass is 35.5. The molecule has 4 rings (SSSR count). The molecule has 2 N–H and O–H groups in total. The van der Waals surface area contributed by atoms with Crippen LogP contribution in [0.15, 0.2) is 30.6 Å². The molecule has 2 aromatic rings. The summed E-state index contributed by atoms with van der Waals surface area (Å²) in [6.45, 7) is 4.47. The molecule has 9 heteroatoms. The van der Waals surface area contributed by atoms with Gasteiger partial charge in [0, 0.05) is 24.2 Å². The van der Waals surface area contributed by atoms with Crippen molar-refractivity contribution in [2.24, 2.45) is 0 Å². The fourth-order valence-corrected chi connectivity index (χ4v) is 4.89. The summed E-state index contributed by atoms with van der Waals surface area (Å²) in [7, 11) is 0. The van der Waals surface area contributed by atoms with Crippen LogP contribution in [0.1, 0.15) is 66.1 Å². The van der Waals surface area contributed by atoms with Gasteiger partial charge in [0.1, 0.15) is 11.2 Å². The molecule has 2 aliphatic rings. The van der Waals surface area contributed by atoms with Gasteiger partial charge in [-0.15, -0.1) is 0 Å². The summed E-state index contributed by atoms with van der Waals surface area (Å²) >= 11 is 6.00. The smallest absolute Gasteiger partial charge is 0.273 e. The van der Waals surface area contributed by atoms with E-state index < -0.39 is 11.4 Å². The van der Waals surface area contributed by atoms with E-state index in [-0.39, 0.29) is 42.3 Å². The van der Waals surface area contributed by atoms with Crippen molar-refractivity contribution in [1.29, 1.82) is 0 Å². The number of hydrogen-bond donors (Lipinski definition) is 2. The first-order valence-corrected chi connectivity index (χ1v) is 11.4. The number of imidazole rings is 1. The van der Waals surface area contributed by atoms with Crippen LogP contribution in [-0.2, 0) is 17.9 Å². The number of rotatable bonds is 6. The molecule has 1 fully saturated rings. The zero-order valence-electron chi connectivity index (χ0n) is 18.4. The first-order chi connectivity index (χ1) is 15.3. The summed E-state index contributed by atoms with van der Waals surface area (Å²) < 4.78 is 1.62. The highest BCUT2D eigenvalue weighted by Gasteiger charge is 2.48. The van der Waals surface area contributed by atoms with Crippen LogP contribution in [0.2, 0.25) is 5.02 Å². The number of carbonyl (C=O) groups is 3. The topological polar surface area (TPSA) is 96.3 Å². The van der Waals surface area contributed by atoms with Gasteiger partial charge in [0.25, 0.3) is 11.8 Å². The second-order valence-electron chi connectivity index (χ2n) is 8.66. The molecular formula is C23H28ClN5O3. The van der Waals surface area contributed by atoms with E-state index in [2.05, 4.69) is 15.6 Å². The predicted molar refractivity (Wildman–Crippen MR) is 120 cm³/mol. The van der Waals surface area contributed by atoms with Crippen LogP contribution in [0, 0.1) is 0 Å². The highest BCUT2D eigenvalue weighted by molar-refractivity contribution is 6.30. The first kappa shape index (κ1) is 22.3. The van der Waals surface area contributed by atoms with Gasteiger partial charge < -0.3 is 20.1 Å². The molecule has 8 nitrogen and oxygen atoms in total. The number of halogens is 1. The molecule has 170 valence electrons. The Balaban J connectivity index is 1.54. The van der Waals surface area contributed by atoms with E-state index in [9.17, 15) is 14.4 Å². The summed E-state index contributed by atoms with van der Waals surface area (Å²) in [6, 6.07) is 7.35. The molecule has 1 aromatic carbocycles. The number of nitrogens with one attached hydrogen (secondary N) is 2. The van der Waals surface area contributed by atoms with E-state index in [4.69, 9.17) is 11.6 Å². The number of likely N-dealkylation sites (N-methyl/N-ethyl adjacent to an activating group) is 1. The average molecular weight is 458 g/mol. The molecule has 0 saturated heterocycles. The molecule has 1 atom stereocenters. The Morgan fingerprint density at radius 2 is 2.03 bits per heavy atom. The van der Waals surface area contributed by atoms with Crippen molar-refractivity contribution in [1.82, 2.24) is 25.1 Å². The van der Waals surface area contributed by atoms with Gasteiger partial charge in [-0.1, -0.05) is 36.6 Å². The summed E-state index contributed by atoms with van der Waals surface area (Å²) in [6.07, 6.45) is 5.62. The quantitative estimate of drug-likeness (QED) is 0.697. The van der Waals surface area contributed by atoms with Crippen molar-refractivity contribution in [3.63, 3.8) is 0 Å². The fraction of sp³-hybridized carbons (Fsp3) is 0.478. The van der Waals surface area contributed by atoms with Crippen LogP contribution in [-0.4, -0.2) is 50.3 Å². The van der Waals surface area contributed by atoms with Gasteiger partial charge >= 0.3 is 0 Å². The zero-order valence-corrected chi connectivity index (χ0v) is 19.1. The third-order valence-electron chi connectivity index (χ3n) is 6.41. The Kier molecular flexibility index (Phi) is 6.24. The van der Waals surface area contributed by atoms with E-state index in [0.717, 1.165) is 31.2 Å². The molecule has 1 unspecified atom stereocenters. The minimum absolute atomic E-state index is 0.0636. The Labute approximate surface area is 192 Å². The lowest BCUT2D eigenvalue weighted by molar-refractivity contribution is -0.133. The fourth-order valence-electron chi connectivity index (χ4n) is 4.67. The molecule has 1 aliphatic heterocycles. The molecule has 0 bridgehead atoms. The van der Waals surface area contributed by atoms with Crippen LogP contribution in [0.25, 0.3) is 0 Å². The number of aromatic nitrogens is 2. The van der Waals surface area contributed by atoms with Crippen LogP contribution >= 0.6 is 11.6 Å². The largest absolute Gasteiger partial charge is 0.351 e. The van der Waals surface area contributed by atoms with E-state index in [0.29, 0.717) is 11.6 Å². The van der Waals surface area contributed by atoms with E-state index >= 15 is 0 Å². The van der Waals surface area contributed by atoms with Crippen molar-refractivity contribution in [2.45, 2.75) is 64.2 Å². The monoisotopic (exact) mass is 457 g/mol. The lowest BCUT2D eigenvalue weighted by atomic mass is 9.94. The summed E-state index contributed by atoms with van der Waals surface area (Å²) in [5, 5.41) is 6.50. The van der Waals surface area contributed by atoms with Crippen molar-refractivity contribution < 1.29 is 14.4 Å². The first-order valence-electron chi connectivity index (χ1n) is 11.0. The van der Waals surface area contributed by atoms with Gasteiger partial charge in [0.15, 0.2) is 5.69 Å². The number of nitrogens with zero attached hydrogens (tertiary/aromatic N) is 3. The maximum atomic E-state index is 13.4. The van der Waals surface area contributed by atoms with Crippen molar-refractivity contribution in [3.05, 3.63) is 52.6 Å². The van der Waals surface area contributed by atoms with E-state index in [1.165, 1.54) is 6.33 Å². The standard InChI is InChI=1S/C23H28ClN5O3/c1-3-29-21(31)19-18(20(30)25-12-15-7-6-8-16(24)11-15)26-14-28(19)13-23(29,2)22(32)27-17-9-4-5-10-17/h6-8,11,14,17H,3-5,9-10,12-13H2,1-2H3,(H,25,30)(H,27,32). The van der Waals surface area contributed by atoms with Crippen molar-refractivity contribution >= 4 is 29.3 Å². The van der Waals surface area contributed by atoms with Crippen molar-refractivity contribution in [2.75, 3.05) is 6.54 Å². The molecular weight excluding hydrogens is 430 g/mol. The zero-order chi connectivity index (χ0) is 22.9. The van der Waals surface area contributed by atoms with Gasteiger partial charge in [-0.3, -0.25) is 14.4 Å². The minimum Gasteiger partial charge on any atom is -0.351 e. The number of carbonyl (C=O) groups excluding carboxylic acids is 3. The molecule has 1 aliphatic carbocycles.